The summed E-state index contributed by atoms with van der Waals surface area (Å²) in [6.45, 7) is 0. The van der Waals surface area contributed by atoms with Crippen LogP contribution < -0.4 is 0 Å². The highest BCUT2D eigenvalue weighted by Gasteiger charge is 2.19. The molecule has 0 bridgehead atoms. The van der Waals surface area contributed by atoms with Gasteiger partial charge in [0.15, 0.2) is 23.1 Å². The molecule has 0 saturated carbocycles. The summed E-state index contributed by atoms with van der Waals surface area (Å²) in [4.78, 5) is 19.7. The molecule has 9 aromatic carbocycles. The van der Waals surface area contributed by atoms with Gasteiger partial charge in [0.05, 0.1) is 17.2 Å². The lowest BCUT2D eigenvalue weighted by molar-refractivity contribution is 0.667. The standard InChI is InChI=1S/C58H35N5O/c1-2-12-39(13-3-1)56-60-57(62-58(61-56)49-34-59-35-53-55(49)47-18-7-9-20-52(47)64-53)40-25-21-37(22-26-40)42-15-10-16-45(32-42)63-50-19-8-6-17-46(50)54-48-33-44(28-24-38(48)29-30-51(54)63)43-27-23-36-11-4-5-14-41(36)31-43/h1-35H. The summed E-state index contributed by atoms with van der Waals surface area (Å²) in [6, 6.07) is 70.8. The summed E-state index contributed by atoms with van der Waals surface area (Å²) in [7, 11) is 0. The molecule has 0 N–H and O–H groups in total. The van der Waals surface area contributed by atoms with Crippen LogP contribution in [-0.2, 0) is 0 Å². The minimum Gasteiger partial charge on any atom is -0.454 e. The second kappa shape index (κ2) is 14.4. The van der Waals surface area contributed by atoms with Gasteiger partial charge in [-0.25, -0.2) is 15.0 Å². The first kappa shape index (κ1) is 36.0. The first-order valence-electron chi connectivity index (χ1n) is 21.4. The van der Waals surface area contributed by atoms with Gasteiger partial charge in [-0.1, -0.05) is 158 Å². The van der Waals surface area contributed by atoms with E-state index in [9.17, 15) is 0 Å². The van der Waals surface area contributed by atoms with E-state index in [-0.39, 0.29) is 0 Å². The molecule has 6 heteroatoms. The molecule has 13 rings (SSSR count). The third-order valence-electron chi connectivity index (χ3n) is 12.5. The van der Waals surface area contributed by atoms with E-state index in [0.717, 1.165) is 49.9 Å². The summed E-state index contributed by atoms with van der Waals surface area (Å²) in [5, 5.41) is 9.36. The summed E-state index contributed by atoms with van der Waals surface area (Å²) in [5.74, 6) is 1.70. The molecular formula is C58H35N5O. The molecule has 13 aromatic rings. The van der Waals surface area contributed by atoms with Crippen LogP contribution in [0.4, 0.5) is 0 Å². The Kier molecular flexibility index (Phi) is 8.11. The topological polar surface area (TPSA) is 69.6 Å². The van der Waals surface area contributed by atoms with Crippen LogP contribution in [0.5, 0.6) is 0 Å². The second-order valence-corrected chi connectivity index (χ2v) is 16.3. The average molecular weight is 818 g/mol. The minimum absolute atomic E-state index is 0.536. The molecule has 4 aromatic heterocycles. The lowest BCUT2D eigenvalue weighted by Crippen LogP contribution is -2.00. The van der Waals surface area contributed by atoms with E-state index in [4.69, 9.17) is 19.4 Å². The Morgan fingerprint density at radius 2 is 0.969 bits per heavy atom. The molecule has 0 fully saturated rings. The molecule has 0 aliphatic rings. The van der Waals surface area contributed by atoms with Crippen LogP contribution in [0.1, 0.15) is 0 Å². The average Bonchev–Trinajstić information content (AvgIpc) is 3.93. The first-order chi connectivity index (χ1) is 31.7. The quantitative estimate of drug-likeness (QED) is 0.167. The summed E-state index contributed by atoms with van der Waals surface area (Å²) in [6.07, 6.45) is 3.57. The number of nitrogens with zero attached hydrogens (tertiary/aromatic N) is 5. The lowest BCUT2D eigenvalue weighted by Gasteiger charge is -2.12. The first-order valence-corrected chi connectivity index (χ1v) is 21.4. The van der Waals surface area contributed by atoms with Crippen molar-refractivity contribution in [3.05, 3.63) is 213 Å². The number of hydrogen-bond acceptors (Lipinski definition) is 5. The number of benzene rings is 9. The van der Waals surface area contributed by atoms with Gasteiger partial charge in [-0.05, 0) is 86.3 Å². The van der Waals surface area contributed by atoms with E-state index in [0.29, 0.717) is 23.1 Å². The van der Waals surface area contributed by atoms with Crippen LogP contribution in [0.3, 0.4) is 0 Å². The van der Waals surface area contributed by atoms with Crippen LogP contribution in [0.25, 0.3) is 127 Å². The molecule has 0 radical (unpaired) electrons. The van der Waals surface area contributed by atoms with Gasteiger partial charge in [-0.3, -0.25) is 4.98 Å². The van der Waals surface area contributed by atoms with Gasteiger partial charge in [0.1, 0.15) is 5.58 Å². The number of furan rings is 1. The number of para-hydroxylation sites is 2. The highest BCUT2D eigenvalue weighted by atomic mass is 16.3. The Labute approximate surface area is 367 Å². The summed E-state index contributed by atoms with van der Waals surface area (Å²) < 4.78 is 8.59. The van der Waals surface area contributed by atoms with Crippen LogP contribution in [0.2, 0.25) is 0 Å². The zero-order chi connectivity index (χ0) is 42.1. The fourth-order valence-corrected chi connectivity index (χ4v) is 9.44. The van der Waals surface area contributed by atoms with Gasteiger partial charge in [-0.15, -0.1) is 0 Å². The van der Waals surface area contributed by atoms with Gasteiger partial charge in [-0.2, -0.15) is 0 Å². The van der Waals surface area contributed by atoms with Gasteiger partial charge >= 0.3 is 0 Å². The van der Waals surface area contributed by atoms with Gasteiger partial charge < -0.3 is 8.98 Å². The zero-order valence-corrected chi connectivity index (χ0v) is 34.4. The number of aromatic nitrogens is 5. The van der Waals surface area contributed by atoms with Crippen molar-refractivity contribution < 1.29 is 4.42 Å². The fraction of sp³-hybridized carbons (Fsp3) is 0. The van der Waals surface area contributed by atoms with Crippen molar-refractivity contribution in [3.63, 3.8) is 0 Å². The van der Waals surface area contributed by atoms with E-state index in [1.807, 2.05) is 54.7 Å². The second-order valence-electron chi connectivity index (χ2n) is 16.3. The smallest absolute Gasteiger partial charge is 0.166 e. The molecule has 0 saturated heterocycles. The van der Waals surface area contributed by atoms with Crippen molar-refractivity contribution in [1.82, 2.24) is 24.5 Å². The Bertz CT molecular complexity index is 3960. The van der Waals surface area contributed by atoms with Crippen LogP contribution in [0, 0.1) is 0 Å². The highest BCUT2D eigenvalue weighted by Crippen LogP contribution is 2.40. The van der Waals surface area contributed by atoms with E-state index in [2.05, 4.69) is 161 Å². The van der Waals surface area contributed by atoms with Gasteiger partial charge in [0.25, 0.3) is 0 Å². The van der Waals surface area contributed by atoms with Crippen LogP contribution in [0.15, 0.2) is 217 Å². The van der Waals surface area contributed by atoms with E-state index in [1.165, 1.54) is 54.5 Å². The molecule has 0 atom stereocenters. The monoisotopic (exact) mass is 817 g/mol. The molecule has 0 aliphatic heterocycles. The van der Waals surface area contributed by atoms with Crippen molar-refractivity contribution in [3.8, 4) is 62.1 Å². The number of hydrogen-bond donors (Lipinski definition) is 0. The molecule has 0 spiro atoms. The predicted octanol–water partition coefficient (Wildman–Crippen LogP) is 14.9. The fourth-order valence-electron chi connectivity index (χ4n) is 9.44. The molecule has 0 amide bonds. The van der Waals surface area contributed by atoms with E-state index in [1.54, 1.807) is 6.20 Å². The van der Waals surface area contributed by atoms with Crippen molar-refractivity contribution in [2.24, 2.45) is 0 Å². The SMILES string of the molecule is c1ccc(-c2nc(-c3ccc(-c4cccc(-n5c6ccccc6c6c7cc(-c8ccc9ccccc9c8)ccc7ccc65)c4)cc3)nc(-c3cncc4oc5ccccc5c34)n2)cc1. The van der Waals surface area contributed by atoms with Crippen molar-refractivity contribution in [2.45, 2.75) is 0 Å². The third-order valence-corrected chi connectivity index (χ3v) is 12.5. The van der Waals surface area contributed by atoms with Crippen LogP contribution >= 0.6 is 0 Å². The normalized spacial score (nSPS) is 11.8. The molecule has 4 heterocycles. The molecule has 0 aliphatic carbocycles. The largest absolute Gasteiger partial charge is 0.454 e. The summed E-state index contributed by atoms with van der Waals surface area (Å²) >= 11 is 0. The Morgan fingerprint density at radius 3 is 1.83 bits per heavy atom. The Balaban J connectivity index is 0.902. The number of rotatable bonds is 6. The van der Waals surface area contributed by atoms with E-state index < -0.39 is 0 Å². The molecule has 298 valence electrons. The molecule has 64 heavy (non-hydrogen) atoms. The Hall–Kier alpha value is -8.74. The van der Waals surface area contributed by atoms with Gasteiger partial charge in [0.2, 0.25) is 0 Å². The van der Waals surface area contributed by atoms with Crippen LogP contribution in [-0.4, -0.2) is 24.5 Å². The minimum atomic E-state index is 0.536. The van der Waals surface area contributed by atoms with Crippen molar-refractivity contribution >= 4 is 65.3 Å². The Morgan fingerprint density at radius 1 is 0.344 bits per heavy atom. The highest BCUT2D eigenvalue weighted by molar-refractivity contribution is 6.22. The lowest BCUT2D eigenvalue weighted by atomic mass is 9.96. The predicted molar refractivity (Wildman–Crippen MR) is 261 cm³/mol. The maximum absolute atomic E-state index is 6.19. The number of fused-ring (bicyclic) bond motifs is 9. The molecule has 0 unspecified atom stereocenters. The number of pyridine rings is 1. The summed E-state index contributed by atoms with van der Waals surface area (Å²) in [5.41, 5.74) is 12.1. The van der Waals surface area contributed by atoms with Gasteiger partial charge in [0, 0.05) is 50.1 Å². The maximum Gasteiger partial charge on any atom is 0.166 e. The third kappa shape index (κ3) is 5.88. The molecular weight excluding hydrogens is 783 g/mol. The van der Waals surface area contributed by atoms with E-state index >= 15 is 0 Å². The van der Waals surface area contributed by atoms with Crippen molar-refractivity contribution in [1.29, 1.82) is 0 Å². The maximum atomic E-state index is 6.19. The molecule has 6 nitrogen and oxygen atoms in total. The zero-order valence-electron chi connectivity index (χ0n) is 34.4. The van der Waals surface area contributed by atoms with Crippen molar-refractivity contribution in [2.75, 3.05) is 0 Å².